The number of halogens is 4. The number of carbonyl (C=O) groups is 4. The number of carbonyl (C=O) groups excluding carboxylic acids is 2. The van der Waals surface area contributed by atoms with E-state index in [1.807, 2.05) is 0 Å². The first-order chi connectivity index (χ1) is 22.1. The Morgan fingerprint density at radius 1 is 0.872 bits per heavy atom. The smallest absolute Gasteiger partial charge is 0.346 e. The third-order valence-electron chi connectivity index (χ3n) is 6.48. The minimum Gasteiger partial charge on any atom is -0.480 e. The fourth-order valence-electron chi connectivity index (χ4n) is 4.12. The highest BCUT2D eigenvalue weighted by molar-refractivity contribution is 9.09. The van der Waals surface area contributed by atoms with Gasteiger partial charge >= 0.3 is 19.6 Å². The Balaban J connectivity index is 3.26. The molecule has 0 fully saturated rings. The quantitative estimate of drug-likeness (QED) is 0.0702. The maximum atomic E-state index is 14.4. The van der Waals surface area contributed by atoms with E-state index < -0.39 is 83.9 Å². The molecule has 0 aliphatic heterocycles. The van der Waals surface area contributed by atoms with Gasteiger partial charge in [0.25, 0.3) is 0 Å². The van der Waals surface area contributed by atoms with Crippen LogP contribution in [0.2, 0.25) is 0 Å². The summed E-state index contributed by atoms with van der Waals surface area (Å²) in [4.78, 5) is 49.0. The molecule has 1 aromatic carbocycles. The normalized spacial score (nSPS) is 14.0. The predicted octanol–water partition coefficient (Wildman–Crippen LogP) is 2.33. The fraction of sp³-hybridized carbons (Fsp3) is 0.615. The first-order valence-corrected chi connectivity index (χ1v) is 22.0. The Hall–Kier alpha value is -0.960. The molecule has 0 radical (unpaired) electrons. The van der Waals surface area contributed by atoms with E-state index in [0.29, 0.717) is 47.5 Å². The van der Waals surface area contributed by atoms with Crippen LogP contribution in [0.3, 0.4) is 0 Å². The van der Waals surface area contributed by atoms with Crippen LogP contribution in [0, 0.1) is 0 Å². The number of carboxylic acids is 2. The topological polar surface area (TPSA) is 226 Å². The van der Waals surface area contributed by atoms with Crippen molar-refractivity contribution in [3.8, 4) is 0 Å². The number of hydrogen-bond donors (Lipinski definition) is 5. The first kappa shape index (κ1) is 44.1. The van der Waals surface area contributed by atoms with Crippen LogP contribution in [0.5, 0.6) is 0 Å². The minimum atomic E-state index is -4.22. The molecular weight excluding hydrogens is 925 g/mol. The number of benzene rings is 1. The molecule has 1 unspecified atom stereocenters. The van der Waals surface area contributed by atoms with Gasteiger partial charge in [0, 0.05) is 53.9 Å². The summed E-state index contributed by atoms with van der Waals surface area (Å²) in [5, 5.41) is 25.2. The third kappa shape index (κ3) is 15.6. The van der Waals surface area contributed by atoms with Gasteiger partial charge in [-0.25, -0.2) is 22.6 Å². The Morgan fingerprint density at radius 2 is 1.38 bits per heavy atom. The average molecular weight is 965 g/mol. The maximum absolute atomic E-state index is 14.4. The van der Waals surface area contributed by atoms with E-state index in [9.17, 15) is 37.3 Å². The molecular formula is C26H40Br4N5O10PS. The van der Waals surface area contributed by atoms with Gasteiger partial charge in [-0.05, 0) is 12.0 Å². The minimum absolute atomic E-state index is 0.200. The van der Waals surface area contributed by atoms with Crippen molar-refractivity contribution in [2.75, 3.05) is 65.6 Å². The summed E-state index contributed by atoms with van der Waals surface area (Å²) in [6.07, 6.45) is -0.746. The molecule has 0 spiro atoms. The number of nitrogens with one attached hydrogen (secondary N) is 2. The van der Waals surface area contributed by atoms with Gasteiger partial charge in [-0.15, -0.1) is 0 Å². The van der Waals surface area contributed by atoms with Crippen LogP contribution in [0.25, 0.3) is 0 Å². The van der Waals surface area contributed by atoms with Crippen LogP contribution in [0.15, 0.2) is 30.3 Å². The van der Waals surface area contributed by atoms with Gasteiger partial charge in [-0.1, -0.05) is 94.1 Å². The van der Waals surface area contributed by atoms with Gasteiger partial charge in [0.1, 0.15) is 12.1 Å². The van der Waals surface area contributed by atoms with Crippen molar-refractivity contribution in [3.63, 3.8) is 0 Å². The van der Waals surface area contributed by atoms with Crippen molar-refractivity contribution in [2.24, 2.45) is 5.73 Å². The summed E-state index contributed by atoms with van der Waals surface area (Å²) in [6.45, 7) is 0.829. The van der Waals surface area contributed by atoms with E-state index in [4.69, 9.17) is 15.4 Å². The van der Waals surface area contributed by atoms with Gasteiger partial charge in [0.15, 0.2) is 15.9 Å². The zero-order valence-corrected chi connectivity index (χ0v) is 33.4. The van der Waals surface area contributed by atoms with E-state index in [-0.39, 0.29) is 12.0 Å². The molecule has 15 nitrogen and oxygen atoms in total. The fourth-order valence-corrected chi connectivity index (χ4v) is 10.7. The molecule has 0 aromatic heterocycles. The van der Waals surface area contributed by atoms with Crippen LogP contribution in [-0.2, 0) is 38.1 Å². The molecule has 21 heteroatoms. The van der Waals surface area contributed by atoms with Gasteiger partial charge in [0.2, 0.25) is 11.8 Å². The Morgan fingerprint density at radius 3 is 1.83 bits per heavy atom. The number of nitrogens with zero attached hydrogens (tertiary/aromatic N) is 2. The van der Waals surface area contributed by atoms with Crippen molar-refractivity contribution < 1.29 is 46.9 Å². The van der Waals surface area contributed by atoms with Gasteiger partial charge in [-0.3, -0.25) is 18.9 Å². The molecule has 2 amide bonds. The summed E-state index contributed by atoms with van der Waals surface area (Å²) >= 11 is 13.4. The molecule has 6 N–H and O–H groups in total. The van der Waals surface area contributed by atoms with E-state index in [1.54, 1.807) is 27.5 Å². The number of sulfone groups is 1. The number of amides is 2. The second-order valence-corrected chi connectivity index (χ2v) is 17.7. The molecule has 1 aromatic rings. The Kier molecular flexibility index (Phi) is 21.3. The molecule has 0 bridgehead atoms. The molecule has 1 rings (SSSR count). The monoisotopic (exact) mass is 961 g/mol. The van der Waals surface area contributed by atoms with E-state index >= 15 is 0 Å². The Labute approximate surface area is 308 Å². The number of carboxylic acid groups (broad SMARTS) is 2. The number of rotatable bonds is 25. The predicted molar refractivity (Wildman–Crippen MR) is 192 cm³/mol. The van der Waals surface area contributed by atoms with E-state index in [1.165, 1.54) is 12.1 Å². The summed E-state index contributed by atoms with van der Waals surface area (Å²) in [5.74, 6) is -6.39. The lowest BCUT2D eigenvalue weighted by Crippen LogP contribution is -2.52. The third-order valence-corrected chi connectivity index (χ3v) is 12.3. The maximum Gasteiger partial charge on any atom is 0.346 e. The number of hydrogen-bond acceptors (Lipinski definition) is 9. The van der Waals surface area contributed by atoms with Crippen molar-refractivity contribution in [1.82, 2.24) is 20.0 Å². The van der Waals surface area contributed by atoms with Gasteiger partial charge in [-0.2, -0.15) is 0 Å². The van der Waals surface area contributed by atoms with Crippen LogP contribution in [0.4, 0.5) is 0 Å². The van der Waals surface area contributed by atoms with Crippen LogP contribution < -0.4 is 16.4 Å². The summed E-state index contributed by atoms with van der Waals surface area (Å²) in [6, 6.07) is 2.96. The SMILES string of the molecule is N[C@H](CCC(=O)NC(CS(=O)(=O)CCOP(=O)(N(CCBr)CCBr)N(CCBr)CCBr)C(=O)N[C@@H](C(=O)O)c1ccccc1)C(=O)O. The molecule has 0 saturated heterocycles. The van der Waals surface area contributed by atoms with Crippen molar-refractivity contribution in [3.05, 3.63) is 35.9 Å². The summed E-state index contributed by atoms with van der Waals surface area (Å²) in [5.41, 5.74) is 5.65. The average Bonchev–Trinajstić information content (AvgIpc) is 3.01. The lowest BCUT2D eigenvalue weighted by Gasteiger charge is -2.37. The number of alkyl halides is 4. The number of nitrogens with two attached hydrogens (primary N) is 1. The van der Waals surface area contributed by atoms with Crippen LogP contribution in [0.1, 0.15) is 24.4 Å². The van der Waals surface area contributed by atoms with E-state index in [2.05, 4.69) is 74.4 Å². The standard InChI is InChI=1S/C26H40Br4N5O10PS/c27-8-12-34(13-9-28)46(42,35(14-10-29)15-11-30)45-16-17-47(43,44)18-21(32-22(36)7-6-20(31)25(38)39)24(37)33-23(26(40)41)19-4-2-1-3-5-19/h1-5,20-21,23H,6-18,31H2,(H,32,36)(H,33,37)(H,38,39)(H,40,41)/t20-,21?,23-/m1/s1. The molecule has 0 aliphatic carbocycles. The second kappa shape index (κ2) is 22.7. The van der Waals surface area contributed by atoms with Gasteiger partial charge in [0.05, 0.1) is 18.1 Å². The lowest BCUT2D eigenvalue weighted by molar-refractivity contribution is -0.142. The highest BCUT2D eigenvalue weighted by atomic mass is 79.9. The largest absolute Gasteiger partial charge is 0.480 e. The van der Waals surface area contributed by atoms with Crippen LogP contribution in [-0.4, -0.2) is 129 Å². The molecule has 0 heterocycles. The summed E-state index contributed by atoms with van der Waals surface area (Å²) in [7, 11) is -7.97. The zero-order chi connectivity index (χ0) is 35.6. The van der Waals surface area contributed by atoms with Crippen molar-refractivity contribution in [1.29, 1.82) is 0 Å². The summed E-state index contributed by atoms with van der Waals surface area (Å²) < 4.78 is 50.1. The Bertz CT molecular complexity index is 1290. The van der Waals surface area contributed by atoms with Crippen molar-refractivity contribution >= 4 is 105 Å². The number of aliphatic carboxylic acids is 2. The second-order valence-electron chi connectivity index (χ2n) is 9.90. The molecule has 3 atom stereocenters. The first-order valence-electron chi connectivity index (χ1n) is 14.2. The van der Waals surface area contributed by atoms with Gasteiger partial charge < -0.3 is 31.1 Å². The zero-order valence-electron chi connectivity index (χ0n) is 25.3. The highest BCUT2D eigenvalue weighted by Crippen LogP contribution is 2.54. The van der Waals surface area contributed by atoms with E-state index in [0.717, 1.165) is 0 Å². The van der Waals surface area contributed by atoms with Crippen LogP contribution >= 0.6 is 71.4 Å². The molecule has 47 heavy (non-hydrogen) atoms. The van der Waals surface area contributed by atoms with Crippen molar-refractivity contribution in [2.45, 2.75) is 31.0 Å². The molecule has 0 saturated carbocycles. The lowest BCUT2D eigenvalue weighted by atomic mass is 10.1. The molecule has 0 aliphatic rings. The highest BCUT2D eigenvalue weighted by Gasteiger charge is 2.39. The molecule has 268 valence electrons.